The summed E-state index contributed by atoms with van der Waals surface area (Å²) in [5.41, 5.74) is 0.145. The van der Waals surface area contributed by atoms with Crippen LogP contribution in [0.2, 0.25) is 5.02 Å². The van der Waals surface area contributed by atoms with Crippen LogP contribution in [0.25, 0.3) is 0 Å². The number of carboxylic acids is 1. The number of carbonyl (C=O) groups excluding carboxylic acids is 1. The Morgan fingerprint density at radius 3 is 2.29 bits per heavy atom. The smallest absolute Gasteiger partial charge is 0.336 e. The number of carbonyl (C=O) groups is 2. The van der Waals surface area contributed by atoms with E-state index in [1.807, 2.05) is 0 Å². The zero-order valence-electron chi connectivity index (χ0n) is 8.51. The van der Waals surface area contributed by atoms with Gasteiger partial charge in [-0.2, -0.15) is 0 Å². The SMILES string of the molecule is O=C(O)c1ccccc1C(=O)c1sccc1Cl. The summed E-state index contributed by atoms with van der Waals surface area (Å²) >= 11 is 7.06. The van der Waals surface area contributed by atoms with E-state index in [4.69, 9.17) is 16.7 Å². The first-order valence-corrected chi connectivity index (χ1v) is 5.97. The van der Waals surface area contributed by atoms with Gasteiger partial charge in [-0.3, -0.25) is 4.79 Å². The van der Waals surface area contributed by atoms with E-state index >= 15 is 0 Å². The summed E-state index contributed by atoms with van der Waals surface area (Å²) in [5.74, 6) is -1.48. The predicted octanol–water partition coefficient (Wildman–Crippen LogP) is 3.33. The van der Waals surface area contributed by atoms with Crippen LogP contribution < -0.4 is 0 Å². The molecule has 1 heterocycles. The molecular formula is C12H7ClO3S. The van der Waals surface area contributed by atoms with E-state index in [0.717, 1.165) is 0 Å². The Morgan fingerprint density at radius 2 is 1.76 bits per heavy atom. The largest absolute Gasteiger partial charge is 0.478 e. The Hall–Kier alpha value is -1.65. The summed E-state index contributed by atoms with van der Waals surface area (Å²) in [7, 11) is 0. The van der Waals surface area contributed by atoms with Gasteiger partial charge in [0.25, 0.3) is 0 Å². The van der Waals surface area contributed by atoms with Crippen LogP contribution in [0.15, 0.2) is 35.7 Å². The van der Waals surface area contributed by atoms with Gasteiger partial charge in [0.05, 0.1) is 15.5 Å². The number of halogens is 1. The Bertz CT molecular complexity index is 589. The molecule has 0 unspecified atom stereocenters. The van der Waals surface area contributed by atoms with E-state index < -0.39 is 5.97 Å². The molecule has 2 aromatic rings. The minimum Gasteiger partial charge on any atom is -0.478 e. The minimum absolute atomic E-state index is 0.0121. The molecule has 0 saturated heterocycles. The van der Waals surface area contributed by atoms with Crippen molar-refractivity contribution in [3.8, 4) is 0 Å². The summed E-state index contributed by atoms with van der Waals surface area (Å²) < 4.78 is 0. The molecule has 1 N–H and O–H groups in total. The second-order valence-corrected chi connectivity index (χ2v) is 4.60. The first-order valence-electron chi connectivity index (χ1n) is 4.71. The van der Waals surface area contributed by atoms with Crippen molar-refractivity contribution in [2.75, 3.05) is 0 Å². The average Bonchev–Trinajstić information content (AvgIpc) is 2.74. The zero-order valence-corrected chi connectivity index (χ0v) is 10.1. The third-order valence-electron chi connectivity index (χ3n) is 2.23. The third kappa shape index (κ3) is 2.23. The molecule has 86 valence electrons. The van der Waals surface area contributed by atoms with Gasteiger partial charge in [-0.05, 0) is 17.5 Å². The molecule has 0 amide bonds. The highest BCUT2D eigenvalue weighted by molar-refractivity contribution is 7.13. The number of benzene rings is 1. The lowest BCUT2D eigenvalue weighted by Crippen LogP contribution is -2.08. The van der Waals surface area contributed by atoms with E-state index in [2.05, 4.69) is 0 Å². The summed E-state index contributed by atoms with van der Waals surface area (Å²) in [6.45, 7) is 0. The number of aromatic carboxylic acids is 1. The van der Waals surface area contributed by atoms with E-state index in [1.165, 1.54) is 23.5 Å². The molecule has 2 rings (SSSR count). The highest BCUT2D eigenvalue weighted by Crippen LogP contribution is 2.26. The molecule has 0 aliphatic carbocycles. The van der Waals surface area contributed by atoms with Gasteiger partial charge in [-0.1, -0.05) is 29.8 Å². The normalized spacial score (nSPS) is 10.2. The van der Waals surface area contributed by atoms with Gasteiger partial charge in [0, 0.05) is 5.56 Å². The van der Waals surface area contributed by atoms with E-state index in [0.29, 0.717) is 9.90 Å². The number of thiophene rings is 1. The van der Waals surface area contributed by atoms with Crippen LogP contribution in [-0.2, 0) is 0 Å². The fourth-order valence-corrected chi connectivity index (χ4v) is 2.54. The van der Waals surface area contributed by atoms with E-state index in [9.17, 15) is 9.59 Å². The van der Waals surface area contributed by atoms with E-state index in [-0.39, 0.29) is 16.9 Å². The second kappa shape index (κ2) is 4.69. The molecule has 0 bridgehead atoms. The molecule has 1 aromatic heterocycles. The van der Waals surface area contributed by atoms with Gasteiger partial charge in [-0.15, -0.1) is 11.3 Å². The Balaban J connectivity index is 2.52. The lowest BCUT2D eigenvalue weighted by molar-refractivity contribution is 0.0693. The first-order chi connectivity index (χ1) is 8.11. The van der Waals surface area contributed by atoms with Crippen LogP contribution in [0.4, 0.5) is 0 Å². The lowest BCUT2D eigenvalue weighted by atomic mass is 10.0. The highest BCUT2D eigenvalue weighted by Gasteiger charge is 2.20. The molecule has 0 aliphatic heterocycles. The quantitative estimate of drug-likeness (QED) is 0.867. The molecule has 5 heteroatoms. The predicted molar refractivity (Wildman–Crippen MR) is 66.2 cm³/mol. The van der Waals surface area contributed by atoms with Crippen molar-refractivity contribution in [2.45, 2.75) is 0 Å². The standard InChI is InChI=1S/C12H7ClO3S/c13-9-5-6-17-11(9)10(14)7-3-1-2-4-8(7)12(15)16/h1-6H,(H,15,16). The second-order valence-electron chi connectivity index (χ2n) is 3.28. The topological polar surface area (TPSA) is 54.4 Å². The summed E-state index contributed by atoms with van der Waals surface area (Å²) in [5, 5.41) is 11.0. The molecule has 0 fully saturated rings. The summed E-state index contributed by atoms with van der Waals surface area (Å²) in [4.78, 5) is 23.5. The number of carboxylic acid groups (broad SMARTS) is 1. The van der Waals surface area contributed by atoms with Crippen LogP contribution in [0.3, 0.4) is 0 Å². The fourth-order valence-electron chi connectivity index (χ4n) is 1.45. The Morgan fingerprint density at radius 1 is 1.12 bits per heavy atom. The Labute approximate surface area is 106 Å². The van der Waals surface area contributed by atoms with Crippen molar-refractivity contribution in [3.63, 3.8) is 0 Å². The lowest BCUT2D eigenvalue weighted by Gasteiger charge is -2.03. The highest BCUT2D eigenvalue weighted by atomic mass is 35.5. The van der Waals surface area contributed by atoms with Gasteiger partial charge in [0.2, 0.25) is 5.78 Å². The average molecular weight is 267 g/mol. The first kappa shape index (κ1) is 11.8. The van der Waals surface area contributed by atoms with Crippen LogP contribution in [0, 0.1) is 0 Å². The van der Waals surface area contributed by atoms with Crippen LogP contribution in [-0.4, -0.2) is 16.9 Å². The molecule has 0 saturated carbocycles. The van der Waals surface area contributed by atoms with Gasteiger partial charge >= 0.3 is 5.97 Å². The number of ketones is 1. The molecule has 0 spiro atoms. The van der Waals surface area contributed by atoms with Gasteiger partial charge < -0.3 is 5.11 Å². The molecule has 0 atom stereocenters. The maximum absolute atomic E-state index is 12.1. The molecule has 17 heavy (non-hydrogen) atoms. The van der Waals surface area contributed by atoms with Crippen molar-refractivity contribution in [2.24, 2.45) is 0 Å². The third-order valence-corrected chi connectivity index (χ3v) is 3.57. The molecule has 0 aliphatic rings. The molecule has 1 aromatic carbocycles. The summed E-state index contributed by atoms with van der Waals surface area (Å²) in [6.07, 6.45) is 0. The number of rotatable bonds is 3. The van der Waals surface area contributed by atoms with Crippen LogP contribution in [0.5, 0.6) is 0 Å². The minimum atomic E-state index is -1.12. The van der Waals surface area contributed by atoms with Crippen molar-refractivity contribution >= 4 is 34.7 Å². The Kier molecular flexibility index (Phi) is 3.26. The zero-order chi connectivity index (χ0) is 12.4. The molecule has 0 radical (unpaired) electrons. The van der Waals surface area contributed by atoms with Gasteiger partial charge in [0.1, 0.15) is 0 Å². The van der Waals surface area contributed by atoms with Crippen LogP contribution in [0.1, 0.15) is 25.6 Å². The van der Waals surface area contributed by atoms with Gasteiger partial charge in [0.15, 0.2) is 0 Å². The van der Waals surface area contributed by atoms with Crippen LogP contribution >= 0.6 is 22.9 Å². The maximum atomic E-state index is 12.1. The van der Waals surface area contributed by atoms with Crippen molar-refractivity contribution in [1.29, 1.82) is 0 Å². The molecule has 3 nitrogen and oxygen atoms in total. The van der Waals surface area contributed by atoms with E-state index in [1.54, 1.807) is 23.6 Å². The maximum Gasteiger partial charge on any atom is 0.336 e. The number of hydrogen-bond donors (Lipinski definition) is 1. The summed E-state index contributed by atoms with van der Waals surface area (Å²) in [6, 6.07) is 7.71. The monoisotopic (exact) mass is 266 g/mol. The van der Waals surface area contributed by atoms with Crippen molar-refractivity contribution in [1.82, 2.24) is 0 Å². The molecular weight excluding hydrogens is 260 g/mol. The van der Waals surface area contributed by atoms with Crippen molar-refractivity contribution < 1.29 is 14.7 Å². The number of hydrogen-bond acceptors (Lipinski definition) is 3. The fraction of sp³-hybridized carbons (Fsp3) is 0. The van der Waals surface area contributed by atoms with Gasteiger partial charge in [-0.25, -0.2) is 4.79 Å². The van der Waals surface area contributed by atoms with Crippen molar-refractivity contribution in [3.05, 3.63) is 56.7 Å².